The molecule has 1 aromatic rings. The van der Waals surface area contributed by atoms with Crippen molar-refractivity contribution in [3.05, 3.63) is 34.4 Å². The van der Waals surface area contributed by atoms with Gasteiger partial charge >= 0.3 is 6.03 Å². The molecule has 1 unspecified atom stereocenters. The lowest BCUT2D eigenvalue weighted by atomic mass is 9.70. The van der Waals surface area contributed by atoms with Crippen LogP contribution >= 0.6 is 0 Å². The van der Waals surface area contributed by atoms with Crippen molar-refractivity contribution >= 4 is 6.03 Å². The molecule has 0 bridgehead atoms. The number of amides is 2. The molecule has 0 spiro atoms. The molecule has 1 aromatic carbocycles. The molecule has 0 radical (unpaired) electrons. The molecule has 2 N–H and O–H groups in total. The summed E-state index contributed by atoms with van der Waals surface area (Å²) in [7, 11) is 1.66. The van der Waals surface area contributed by atoms with E-state index in [-0.39, 0.29) is 17.5 Å². The van der Waals surface area contributed by atoms with Crippen molar-refractivity contribution < 1.29 is 4.79 Å². The Bertz CT molecular complexity index is 506. The van der Waals surface area contributed by atoms with Crippen molar-refractivity contribution in [3.63, 3.8) is 0 Å². The number of nitrogens with one attached hydrogen (secondary N) is 2. The minimum absolute atomic E-state index is 0.103. The van der Waals surface area contributed by atoms with Crippen LogP contribution in [0.3, 0.4) is 0 Å². The minimum Gasteiger partial charge on any atom is -0.341 e. The smallest absolute Gasteiger partial charge is 0.315 e. The largest absolute Gasteiger partial charge is 0.341 e. The molecule has 1 atom stereocenters. The standard InChI is InChI=1S/C16H24N2O/c1-10-6-11(2)14-12(7-10)8-16(3,4)9-13(14)18-15(19)17-5/h6-7,13H,8-9H2,1-5H3,(H2,17,18,19). The number of carbonyl (C=O) groups is 1. The van der Waals surface area contributed by atoms with Crippen LogP contribution in [0.4, 0.5) is 4.79 Å². The van der Waals surface area contributed by atoms with E-state index in [4.69, 9.17) is 0 Å². The molecule has 0 fully saturated rings. The summed E-state index contributed by atoms with van der Waals surface area (Å²) >= 11 is 0. The predicted molar refractivity (Wildman–Crippen MR) is 78.4 cm³/mol. The van der Waals surface area contributed by atoms with Crippen molar-refractivity contribution in [1.82, 2.24) is 10.6 Å². The molecule has 2 amide bonds. The van der Waals surface area contributed by atoms with Crippen molar-refractivity contribution in [2.24, 2.45) is 5.41 Å². The molecule has 0 aromatic heterocycles. The summed E-state index contributed by atoms with van der Waals surface area (Å²) < 4.78 is 0. The number of urea groups is 1. The van der Waals surface area contributed by atoms with Crippen molar-refractivity contribution in [1.29, 1.82) is 0 Å². The van der Waals surface area contributed by atoms with Gasteiger partial charge in [0.1, 0.15) is 0 Å². The van der Waals surface area contributed by atoms with Gasteiger partial charge in [-0.2, -0.15) is 0 Å². The van der Waals surface area contributed by atoms with Crippen LogP contribution in [-0.4, -0.2) is 13.1 Å². The summed E-state index contributed by atoms with van der Waals surface area (Å²) in [6, 6.07) is 4.48. The first-order valence-corrected chi connectivity index (χ1v) is 6.91. The summed E-state index contributed by atoms with van der Waals surface area (Å²) in [4.78, 5) is 11.7. The maximum Gasteiger partial charge on any atom is 0.315 e. The number of hydrogen-bond acceptors (Lipinski definition) is 1. The molecule has 0 saturated heterocycles. The molecule has 104 valence electrons. The number of rotatable bonds is 1. The van der Waals surface area contributed by atoms with Gasteiger partial charge in [0.25, 0.3) is 0 Å². The molecule has 0 heterocycles. The summed E-state index contributed by atoms with van der Waals surface area (Å²) in [6.45, 7) is 8.82. The fourth-order valence-corrected chi connectivity index (χ4v) is 3.31. The van der Waals surface area contributed by atoms with Gasteiger partial charge in [0, 0.05) is 7.05 Å². The number of aryl methyl sites for hydroxylation is 2. The van der Waals surface area contributed by atoms with E-state index in [1.54, 1.807) is 7.05 Å². The Labute approximate surface area is 115 Å². The zero-order valence-corrected chi connectivity index (χ0v) is 12.6. The molecule has 0 saturated carbocycles. The van der Waals surface area contributed by atoms with E-state index >= 15 is 0 Å². The first kappa shape index (κ1) is 13.9. The van der Waals surface area contributed by atoms with E-state index < -0.39 is 0 Å². The minimum atomic E-state index is -0.103. The quantitative estimate of drug-likeness (QED) is 0.799. The predicted octanol–water partition coefficient (Wildman–Crippen LogP) is 3.25. The summed E-state index contributed by atoms with van der Waals surface area (Å²) in [6.07, 6.45) is 2.06. The normalized spacial score (nSPS) is 20.6. The Balaban J connectivity index is 2.44. The van der Waals surface area contributed by atoms with Crippen LogP contribution in [0.25, 0.3) is 0 Å². The van der Waals surface area contributed by atoms with Gasteiger partial charge < -0.3 is 10.6 Å². The monoisotopic (exact) mass is 260 g/mol. The maximum atomic E-state index is 11.7. The van der Waals surface area contributed by atoms with Gasteiger partial charge in [-0.3, -0.25) is 0 Å². The van der Waals surface area contributed by atoms with Gasteiger partial charge in [0.15, 0.2) is 0 Å². The third-order valence-corrected chi connectivity index (χ3v) is 3.92. The van der Waals surface area contributed by atoms with Gasteiger partial charge in [-0.15, -0.1) is 0 Å². The molecular weight excluding hydrogens is 236 g/mol. The maximum absolute atomic E-state index is 11.7. The third kappa shape index (κ3) is 2.91. The Morgan fingerprint density at radius 3 is 2.63 bits per heavy atom. The van der Waals surface area contributed by atoms with Crippen LogP contribution < -0.4 is 10.6 Å². The molecule has 2 rings (SSSR count). The Hall–Kier alpha value is -1.51. The lowest BCUT2D eigenvalue weighted by Crippen LogP contribution is -2.40. The summed E-state index contributed by atoms with van der Waals surface area (Å²) in [5.41, 5.74) is 5.50. The van der Waals surface area contributed by atoms with E-state index in [1.165, 1.54) is 22.3 Å². The Morgan fingerprint density at radius 2 is 2.00 bits per heavy atom. The van der Waals surface area contributed by atoms with Crippen LogP contribution in [0.2, 0.25) is 0 Å². The fraction of sp³-hybridized carbons (Fsp3) is 0.562. The van der Waals surface area contributed by atoms with Gasteiger partial charge in [0.2, 0.25) is 0 Å². The lowest BCUT2D eigenvalue weighted by molar-refractivity contribution is 0.223. The summed E-state index contributed by atoms with van der Waals surface area (Å²) in [5.74, 6) is 0. The second-order valence-corrected chi connectivity index (χ2v) is 6.48. The van der Waals surface area contributed by atoms with E-state index in [0.717, 1.165) is 12.8 Å². The Morgan fingerprint density at radius 1 is 1.32 bits per heavy atom. The van der Waals surface area contributed by atoms with Gasteiger partial charge in [-0.1, -0.05) is 31.5 Å². The number of benzene rings is 1. The van der Waals surface area contributed by atoms with E-state index in [2.05, 4.69) is 50.5 Å². The molecule has 1 aliphatic rings. The molecule has 1 aliphatic carbocycles. The van der Waals surface area contributed by atoms with Crippen LogP contribution in [-0.2, 0) is 6.42 Å². The Kier molecular flexibility index (Phi) is 3.57. The van der Waals surface area contributed by atoms with E-state index in [1.807, 2.05) is 0 Å². The van der Waals surface area contributed by atoms with Gasteiger partial charge in [-0.25, -0.2) is 4.79 Å². The highest BCUT2D eigenvalue weighted by Gasteiger charge is 2.33. The molecule has 3 nitrogen and oxygen atoms in total. The first-order chi connectivity index (χ1) is 8.82. The zero-order valence-electron chi connectivity index (χ0n) is 12.6. The SMILES string of the molecule is CNC(=O)NC1CC(C)(C)Cc2cc(C)cc(C)c21. The van der Waals surface area contributed by atoms with Gasteiger partial charge in [0.05, 0.1) is 6.04 Å². The molecular formula is C16H24N2O. The van der Waals surface area contributed by atoms with Crippen LogP contribution in [0.5, 0.6) is 0 Å². The second-order valence-electron chi connectivity index (χ2n) is 6.48. The lowest BCUT2D eigenvalue weighted by Gasteiger charge is -2.38. The van der Waals surface area contributed by atoms with Gasteiger partial charge in [-0.05, 0) is 48.8 Å². The highest BCUT2D eigenvalue weighted by molar-refractivity contribution is 5.74. The average molecular weight is 260 g/mol. The van der Waals surface area contributed by atoms with Crippen LogP contribution in [0.15, 0.2) is 12.1 Å². The van der Waals surface area contributed by atoms with E-state index in [0.29, 0.717) is 0 Å². The summed E-state index contributed by atoms with van der Waals surface area (Å²) in [5, 5.41) is 5.74. The van der Waals surface area contributed by atoms with Crippen LogP contribution in [0, 0.1) is 19.3 Å². The van der Waals surface area contributed by atoms with E-state index in [9.17, 15) is 4.79 Å². The third-order valence-electron chi connectivity index (χ3n) is 3.92. The van der Waals surface area contributed by atoms with Crippen LogP contribution in [0.1, 0.15) is 48.6 Å². The zero-order chi connectivity index (χ0) is 14.2. The number of hydrogen-bond donors (Lipinski definition) is 2. The van der Waals surface area contributed by atoms with Crippen molar-refractivity contribution in [2.75, 3.05) is 7.05 Å². The first-order valence-electron chi connectivity index (χ1n) is 6.91. The number of fused-ring (bicyclic) bond motifs is 1. The molecule has 0 aliphatic heterocycles. The second kappa shape index (κ2) is 4.87. The molecule has 3 heteroatoms. The average Bonchev–Trinajstić information content (AvgIpc) is 2.25. The topological polar surface area (TPSA) is 41.1 Å². The highest BCUT2D eigenvalue weighted by atomic mass is 16.2. The number of carbonyl (C=O) groups excluding carboxylic acids is 1. The van der Waals surface area contributed by atoms with Crippen molar-refractivity contribution in [3.8, 4) is 0 Å². The van der Waals surface area contributed by atoms with Crippen molar-refractivity contribution in [2.45, 2.75) is 46.6 Å². The highest BCUT2D eigenvalue weighted by Crippen LogP contribution is 2.42. The molecule has 19 heavy (non-hydrogen) atoms. The fourth-order valence-electron chi connectivity index (χ4n) is 3.31.